The standard InChI is InChI=1S/C13H17N3O2.ClH/c1-8-2-3-9(13(18)15-10-4-5-10)6-11(8)16-12(17)7-14;/h2-3,6,10H,4-5,7,14H2,1H3,(H,15,18)(H,16,17);1H. The van der Waals surface area contributed by atoms with Gasteiger partial charge in [0, 0.05) is 17.3 Å². The molecule has 5 nitrogen and oxygen atoms in total. The van der Waals surface area contributed by atoms with Gasteiger partial charge in [-0.25, -0.2) is 0 Å². The number of carbonyl (C=O) groups is 2. The van der Waals surface area contributed by atoms with Crippen molar-refractivity contribution in [2.24, 2.45) is 5.73 Å². The van der Waals surface area contributed by atoms with Crippen LogP contribution in [-0.2, 0) is 4.79 Å². The van der Waals surface area contributed by atoms with Gasteiger partial charge in [0.05, 0.1) is 6.54 Å². The molecule has 1 fully saturated rings. The van der Waals surface area contributed by atoms with E-state index < -0.39 is 0 Å². The zero-order valence-electron chi connectivity index (χ0n) is 10.7. The summed E-state index contributed by atoms with van der Waals surface area (Å²) in [6.45, 7) is 1.80. The third kappa shape index (κ3) is 4.22. The molecule has 1 saturated carbocycles. The van der Waals surface area contributed by atoms with Crippen LogP contribution < -0.4 is 16.4 Å². The highest BCUT2D eigenvalue weighted by atomic mass is 35.5. The molecule has 6 heteroatoms. The minimum atomic E-state index is -0.266. The number of amides is 2. The minimum Gasteiger partial charge on any atom is -0.349 e. The average molecular weight is 284 g/mol. The summed E-state index contributed by atoms with van der Waals surface area (Å²) in [7, 11) is 0. The van der Waals surface area contributed by atoms with Gasteiger partial charge in [-0.2, -0.15) is 0 Å². The van der Waals surface area contributed by atoms with E-state index in [1.807, 2.05) is 13.0 Å². The molecule has 0 bridgehead atoms. The number of rotatable bonds is 4. The van der Waals surface area contributed by atoms with Crippen LogP contribution in [0.4, 0.5) is 5.69 Å². The van der Waals surface area contributed by atoms with Crippen LogP contribution >= 0.6 is 12.4 Å². The number of anilines is 1. The zero-order valence-corrected chi connectivity index (χ0v) is 11.5. The number of hydrogen-bond acceptors (Lipinski definition) is 3. The van der Waals surface area contributed by atoms with E-state index >= 15 is 0 Å². The lowest BCUT2D eigenvalue weighted by Crippen LogP contribution is -2.26. The normalized spacial score (nSPS) is 13.4. The Labute approximate surface area is 118 Å². The zero-order chi connectivity index (χ0) is 13.1. The fourth-order valence-corrected chi connectivity index (χ4v) is 1.60. The van der Waals surface area contributed by atoms with Crippen LogP contribution in [0, 0.1) is 6.92 Å². The summed E-state index contributed by atoms with van der Waals surface area (Å²) >= 11 is 0. The van der Waals surface area contributed by atoms with Gasteiger partial charge < -0.3 is 16.4 Å². The Kier molecular flexibility index (Phi) is 5.32. The van der Waals surface area contributed by atoms with Crippen molar-refractivity contribution in [1.82, 2.24) is 5.32 Å². The second-order valence-electron chi connectivity index (χ2n) is 4.53. The summed E-state index contributed by atoms with van der Waals surface area (Å²) in [5.41, 5.74) is 7.34. The molecule has 0 aliphatic heterocycles. The molecule has 2 amide bonds. The largest absolute Gasteiger partial charge is 0.349 e. The lowest BCUT2D eigenvalue weighted by atomic mass is 10.1. The monoisotopic (exact) mass is 283 g/mol. The summed E-state index contributed by atoms with van der Waals surface area (Å²) in [5, 5.41) is 5.59. The van der Waals surface area contributed by atoms with Crippen LogP contribution in [0.15, 0.2) is 18.2 Å². The Morgan fingerprint density at radius 1 is 1.37 bits per heavy atom. The summed E-state index contributed by atoms with van der Waals surface area (Å²) < 4.78 is 0. The Morgan fingerprint density at radius 3 is 2.63 bits per heavy atom. The van der Waals surface area contributed by atoms with Crippen LogP contribution in [0.2, 0.25) is 0 Å². The van der Waals surface area contributed by atoms with E-state index in [2.05, 4.69) is 10.6 Å². The van der Waals surface area contributed by atoms with E-state index in [-0.39, 0.29) is 30.8 Å². The first-order chi connectivity index (χ1) is 8.60. The summed E-state index contributed by atoms with van der Waals surface area (Å²) in [6.07, 6.45) is 2.10. The number of hydrogen-bond donors (Lipinski definition) is 3. The third-order valence-corrected chi connectivity index (χ3v) is 2.87. The van der Waals surface area contributed by atoms with Crippen molar-refractivity contribution in [1.29, 1.82) is 0 Å². The number of carbonyl (C=O) groups excluding carboxylic acids is 2. The van der Waals surface area contributed by atoms with Crippen molar-refractivity contribution in [3.63, 3.8) is 0 Å². The van der Waals surface area contributed by atoms with E-state index in [0.717, 1.165) is 18.4 Å². The van der Waals surface area contributed by atoms with Crippen molar-refractivity contribution in [3.8, 4) is 0 Å². The first-order valence-electron chi connectivity index (χ1n) is 6.01. The fraction of sp³-hybridized carbons (Fsp3) is 0.385. The van der Waals surface area contributed by atoms with Crippen LogP contribution in [0.3, 0.4) is 0 Å². The molecule has 1 aromatic rings. The van der Waals surface area contributed by atoms with Crippen molar-refractivity contribution in [3.05, 3.63) is 29.3 Å². The number of aryl methyl sites for hydroxylation is 1. The predicted octanol–water partition coefficient (Wildman–Crippen LogP) is 1.21. The molecule has 0 aromatic heterocycles. The van der Waals surface area contributed by atoms with Gasteiger partial charge in [-0.3, -0.25) is 9.59 Å². The second-order valence-corrected chi connectivity index (χ2v) is 4.53. The molecule has 1 aliphatic rings. The van der Waals surface area contributed by atoms with Crippen molar-refractivity contribution >= 4 is 29.9 Å². The number of nitrogens with one attached hydrogen (secondary N) is 2. The van der Waals surface area contributed by atoms with Gasteiger partial charge in [0.25, 0.3) is 5.91 Å². The topological polar surface area (TPSA) is 84.2 Å². The van der Waals surface area contributed by atoms with Crippen LogP contribution in [0.25, 0.3) is 0 Å². The molecule has 2 rings (SSSR count). The smallest absolute Gasteiger partial charge is 0.251 e. The lowest BCUT2D eigenvalue weighted by Gasteiger charge is -2.10. The summed E-state index contributed by atoms with van der Waals surface area (Å²) in [4.78, 5) is 23.1. The van der Waals surface area contributed by atoms with E-state index in [4.69, 9.17) is 5.73 Å². The maximum atomic E-state index is 11.9. The van der Waals surface area contributed by atoms with Gasteiger partial charge in [0.15, 0.2) is 0 Å². The molecule has 0 unspecified atom stereocenters. The summed E-state index contributed by atoms with van der Waals surface area (Å²) in [5.74, 6) is -0.362. The lowest BCUT2D eigenvalue weighted by molar-refractivity contribution is -0.114. The fourth-order valence-electron chi connectivity index (χ4n) is 1.60. The number of halogens is 1. The third-order valence-electron chi connectivity index (χ3n) is 2.87. The van der Waals surface area contributed by atoms with Crippen LogP contribution in [0.5, 0.6) is 0 Å². The molecular formula is C13H18ClN3O2. The maximum absolute atomic E-state index is 11.9. The van der Waals surface area contributed by atoms with Gasteiger partial charge in [-0.1, -0.05) is 6.07 Å². The average Bonchev–Trinajstić information content (AvgIpc) is 3.15. The van der Waals surface area contributed by atoms with E-state index in [9.17, 15) is 9.59 Å². The molecule has 0 radical (unpaired) electrons. The molecular weight excluding hydrogens is 266 g/mol. The van der Waals surface area contributed by atoms with Gasteiger partial charge in [0.1, 0.15) is 0 Å². The molecule has 104 valence electrons. The number of benzene rings is 1. The van der Waals surface area contributed by atoms with Crippen LogP contribution in [-0.4, -0.2) is 24.4 Å². The Hall–Kier alpha value is -1.59. The first kappa shape index (κ1) is 15.5. The maximum Gasteiger partial charge on any atom is 0.251 e. The van der Waals surface area contributed by atoms with E-state index in [1.54, 1.807) is 12.1 Å². The van der Waals surface area contributed by atoms with Gasteiger partial charge in [-0.15, -0.1) is 12.4 Å². The highest BCUT2D eigenvalue weighted by molar-refractivity contribution is 5.98. The van der Waals surface area contributed by atoms with Gasteiger partial charge in [-0.05, 0) is 37.5 Å². The molecule has 4 N–H and O–H groups in total. The molecule has 0 atom stereocenters. The Morgan fingerprint density at radius 2 is 2.05 bits per heavy atom. The molecule has 19 heavy (non-hydrogen) atoms. The SMILES string of the molecule is Cc1ccc(C(=O)NC2CC2)cc1NC(=O)CN.Cl. The Balaban J connectivity index is 0.00000180. The van der Waals surface area contributed by atoms with Crippen molar-refractivity contribution in [2.45, 2.75) is 25.8 Å². The second kappa shape index (κ2) is 6.54. The predicted molar refractivity (Wildman–Crippen MR) is 76.6 cm³/mol. The quantitative estimate of drug-likeness (QED) is 0.776. The van der Waals surface area contributed by atoms with Crippen molar-refractivity contribution < 1.29 is 9.59 Å². The molecule has 0 spiro atoms. The molecule has 0 heterocycles. The molecule has 1 aliphatic carbocycles. The minimum absolute atomic E-state index is 0. The van der Waals surface area contributed by atoms with E-state index in [0.29, 0.717) is 17.3 Å². The Bertz CT molecular complexity index is 487. The van der Waals surface area contributed by atoms with Crippen molar-refractivity contribution in [2.75, 3.05) is 11.9 Å². The van der Waals surface area contributed by atoms with Crippen LogP contribution in [0.1, 0.15) is 28.8 Å². The van der Waals surface area contributed by atoms with Gasteiger partial charge >= 0.3 is 0 Å². The first-order valence-corrected chi connectivity index (χ1v) is 6.01. The molecule has 0 saturated heterocycles. The number of nitrogens with two attached hydrogens (primary N) is 1. The van der Waals surface area contributed by atoms with Gasteiger partial charge in [0.2, 0.25) is 5.91 Å². The highest BCUT2D eigenvalue weighted by Crippen LogP contribution is 2.21. The highest BCUT2D eigenvalue weighted by Gasteiger charge is 2.23. The van der Waals surface area contributed by atoms with E-state index in [1.165, 1.54) is 0 Å². The summed E-state index contributed by atoms with van der Waals surface area (Å²) in [6, 6.07) is 5.57. The molecule has 1 aromatic carbocycles.